The zero-order valence-corrected chi connectivity index (χ0v) is 9.23. The molecule has 1 aromatic heterocycles. The van der Waals surface area contributed by atoms with Gasteiger partial charge in [-0.25, -0.2) is 4.39 Å². The maximum absolute atomic E-state index is 13.1. The number of aromatic amines is 1. The van der Waals surface area contributed by atoms with Crippen molar-refractivity contribution < 1.29 is 9.50 Å². The standard InChI is InChI=1S/C12H14FN3O/c13-11-3-1-2-10(4-11)12(8-17)14-5-9-6-15-16-7-9/h1-4,6-7,12,14,17H,5,8H2,(H,15,16). The summed E-state index contributed by atoms with van der Waals surface area (Å²) in [7, 11) is 0. The number of hydrogen-bond donors (Lipinski definition) is 3. The number of halogens is 1. The lowest BCUT2D eigenvalue weighted by Crippen LogP contribution is -2.23. The lowest BCUT2D eigenvalue weighted by atomic mass is 10.1. The van der Waals surface area contributed by atoms with Crippen molar-refractivity contribution in [3.8, 4) is 0 Å². The highest BCUT2D eigenvalue weighted by Crippen LogP contribution is 2.14. The minimum absolute atomic E-state index is 0.0820. The van der Waals surface area contributed by atoms with Crippen LogP contribution in [0.2, 0.25) is 0 Å². The Kier molecular flexibility index (Phi) is 3.85. The van der Waals surface area contributed by atoms with Crippen LogP contribution in [0, 0.1) is 5.82 Å². The number of rotatable bonds is 5. The molecule has 0 saturated carbocycles. The molecule has 0 saturated heterocycles. The summed E-state index contributed by atoms with van der Waals surface area (Å²) >= 11 is 0. The highest BCUT2D eigenvalue weighted by molar-refractivity contribution is 5.20. The van der Waals surface area contributed by atoms with Crippen LogP contribution < -0.4 is 5.32 Å². The topological polar surface area (TPSA) is 60.9 Å². The van der Waals surface area contributed by atoms with Crippen LogP contribution >= 0.6 is 0 Å². The number of aliphatic hydroxyl groups excluding tert-OH is 1. The largest absolute Gasteiger partial charge is 0.394 e. The monoisotopic (exact) mass is 235 g/mol. The van der Waals surface area contributed by atoms with E-state index in [2.05, 4.69) is 15.5 Å². The van der Waals surface area contributed by atoms with Crippen molar-refractivity contribution in [2.45, 2.75) is 12.6 Å². The first kappa shape index (κ1) is 11.8. The normalized spacial score (nSPS) is 12.6. The highest BCUT2D eigenvalue weighted by Gasteiger charge is 2.10. The molecule has 1 unspecified atom stereocenters. The van der Waals surface area contributed by atoms with E-state index in [1.54, 1.807) is 24.5 Å². The van der Waals surface area contributed by atoms with Crippen molar-refractivity contribution in [1.29, 1.82) is 0 Å². The molecule has 1 aromatic carbocycles. The number of nitrogens with one attached hydrogen (secondary N) is 2. The summed E-state index contributed by atoms with van der Waals surface area (Å²) in [5.74, 6) is -0.300. The van der Waals surface area contributed by atoms with E-state index in [0.29, 0.717) is 6.54 Å². The minimum Gasteiger partial charge on any atom is -0.394 e. The van der Waals surface area contributed by atoms with E-state index < -0.39 is 0 Å². The van der Waals surface area contributed by atoms with E-state index >= 15 is 0 Å². The van der Waals surface area contributed by atoms with Gasteiger partial charge in [-0.05, 0) is 17.7 Å². The number of aliphatic hydroxyl groups is 1. The molecule has 0 radical (unpaired) electrons. The van der Waals surface area contributed by atoms with Crippen molar-refractivity contribution in [3.63, 3.8) is 0 Å². The summed E-state index contributed by atoms with van der Waals surface area (Å²) in [6.07, 6.45) is 3.47. The molecule has 0 fully saturated rings. The summed E-state index contributed by atoms with van der Waals surface area (Å²) < 4.78 is 13.1. The van der Waals surface area contributed by atoms with Crippen LogP contribution in [0.15, 0.2) is 36.7 Å². The van der Waals surface area contributed by atoms with E-state index in [0.717, 1.165) is 11.1 Å². The van der Waals surface area contributed by atoms with Gasteiger partial charge in [-0.2, -0.15) is 5.10 Å². The molecule has 2 aromatic rings. The lowest BCUT2D eigenvalue weighted by molar-refractivity contribution is 0.243. The fourth-order valence-corrected chi connectivity index (χ4v) is 1.63. The van der Waals surface area contributed by atoms with Gasteiger partial charge in [0.1, 0.15) is 5.82 Å². The molecule has 1 atom stereocenters. The summed E-state index contributed by atoms with van der Waals surface area (Å²) in [5.41, 5.74) is 1.72. The first-order chi connectivity index (χ1) is 8.29. The van der Waals surface area contributed by atoms with Gasteiger partial charge in [-0.15, -0.1) is 0 Å². The second-order valence-corrected chi connectivity index (χ2v) is 3.78. The van der Waals surface area contributed by atoms with Crippen LogP contribution in [0.4, 0.5) is 4.39 Å². The van der Waals surface area contributed by atoms with Gasteiger partial charge >= 0.3 is 0 Å². The maximum Gasteiger partial charge on any atom is 0.123 e. The van der Waals surface area contributed by atoms with Gasteiger partial charge in [0.15, 0.2) is 0 Å². The second-order valence-electron chi connectivity index (χ2n) is 3.78. The first-order valence-electron chi connectivity index (χ1n) is 5.37. The van der Waals surface area contributed by atoms with Gasteiger partial charge < -0.3 is 10.4 Å². The molecule has 0 aliphatic carbocycles. The highest BCUT2D eigenvalue weighted by atomic mass is 19.1. The Labute approximate surface area is 98.5 Å². The average molecular weight is 235 g/mol. The quantitative estimate of drug-likeness (QED) is 0.733. The van der Waals surface area contributed by atoms with Gasteiger partial charge in [0.25, 0.3) is 0 Å². The number of benzene rings is 1. The predicted molar refractivity (Wildman–Crippen MR) is 61.7 cm³/mol. The molecule has 5 heteroatoms. The third kappa shape index (κ3) is 3.12. The SMILES string of the molecule is OCC(NCc1cn[nH]c1)c1cccc(F)c1. The maximum atomic E-state index is 13.1. The summed E-state index contributed by atoms with van der Waals surface area (Å²) in [6, 6.07) is 5.94. The molecule has 17 heavy (non-hydrogen) atoms. The smallest absolute Gasteiger partial charge is 0.123 e. The van der Waals surface area contributed by atoms with Crippen LogP contribution in [0.3, 0.4) is 0 Å². The fourth-order valence-electron chi connectivity index (χ4n) is 1.63. The van der Waals surface area contributed by atoms with Gasteiger partial charge in [-0.3, -0.25) is 5.10 Å². The number of aromatic nitrogens is 2. The van der Waals surface area contributed by atoms with Crippen molar-refractivity contribution in [3.05, 3.63) is 53.6 Å². The molecule has 0 aliphatic rings. The van der Waals surface area contributed by atoms with Crippen LogP contribution in [0.25, 0.3) is 0 Å². The molecule has 0 aliphatic heterocycles. The van der Waals surface area contributed by atoms with Crippen molar-refractivity contribution in [2.75, 3.05) is 6.61 Å². The molecule has 0 amide bonds. The Bertz CT molecular complexity index is 459. The van der Waals surface area contributed by atoms with E-state index in [1.807, 2.05) is 0 Å². The van der Waals surface area contributed by atoms with Crippen molar-refractivity contribution >= 4 is 0 Å². The molecular weight excluding hydrogens is 221 g/mol. The molecule has 2 rings (SSSR count). The molecule has 3 N–H and O–H groups in total. The van der Waals surface area contributed by atoms with E-state index in [1.165, 1.54) is 12.1 Å². The van der Waals surface area contributed by atoms with Crippen LogP contribution in [0.5, 0.6) is 0 Å². The summed E-state index contributed by atoms with van der Waals surface area (Å²) in [5, 5.41) is 19.0. The van der Waals surface area contributed by atoms with Crippen LogP contribution in [0.1, 0.15) is 17.2 Å². The molecule has 90 valence electrons. The molecule has 4 nitrogen and oxygen atoms in total. The van der Waals surface area contributed by atoms with E-state index in [4.69, 9.17) is 0 Å². The summed E-state index contributed by atoms with van der Waals surface area (Å²) in [4.78, 5) is 0. The van der Waals surface area contributed by atoms with Crippen LogP contribution in [-0.2, 0) is 6.54 Å². The predicted octanol–water partition coefficient (Wildman–Crippen LogP) is 1.37. The Balaban J connectivity index is 2.01. The Hall–Kier alpha value is -1.72. The molecule has 0 spiro atoms. The second kappa shape index (κ2) is 5.56. The van der Waals surface area contributed by atoms with Crippen molar-refractivity contribution in [1.82, 2.24) is 15.5 Å². The van der Waals surface area contributed by atoms with Gasteiger partial charge in [0.2, 0.25) is 0 Å². The van der Waals surface area contributed by atoms with E-state index in [-0.39, 0.29) is 18.5 Å². The Morgan fingerprint density at radius 1 is 1.47 bits per heavy atom. The lowest BCUT2D eigenvalue weighted by Gasteiger charge is -2.16. The average Bonchev–Trinajstić information content (AvgIpc) is 2.83. The van der Waals surface area contributed by atoms with E-state index in [9.17, 15) is 9.50 Å². The third-order valence-corrected chi connectivity index (χ3v) is 2.54. The number of hydrogen-bond acceptors (Lipinski definition) is 3. The van der Waals surface area contributed by atoms with Gasteiger partial charge in [-0.1, -0.05) is 12.1 Å². The summed E-state index contributed by atoms with van der Waals surface area (Å²) in [6.45, 7) is 0.486. The molecule has 1 heterocycles. The van der Waals surface area contributed by atoms with Crippen LogP contribution in [-0.4, -0.2) is 21.9 Å². The number of H-pyrrole nitrogens is 1. The fraction of sp³-hybridized carbons (Fsp3) is 0.250. The Morgan fingerprint density at radius 3 is 3.00 bits per heavy atom. The zero-order valence-electron chi connectivity index (χ0n) is 9.23. The zero-order chi connectivity index (χ0) is 12.1. The molecular formula is C12H14FN3O. The third-order valence-electron chi connectivity index (χ3n) is 2.54. The molecule has 0 bridgehead atoms. The Morgan fingerprint density at radius 2 is 2.35 bits per heavy atom. The minimum atomic E-state index is -0.300. The number of nitrogens with zero attached hydrogens (tertiary/aromatic N) is 1. The van der Waals surface area contributed by atoms with Gasteiger partial charge in [0.05, 0.1) is 18.8 Å². The van der Waals surface area contributed by atoms with Crippen molar-refractivity contribution in [2.24, 2.45) is 0 Å². The first-order valence-corrected chi connectivity index (χ1v) is 5.37. The van der Waals surface area contributed by atoms with Gasteiger partial charge in [0, 0.05) is 18.3 Å².